The van der Waals surface area contributed by atoms with Crippen LogP contribution < -0.4 is 20.4 Å². The van der Waals surface area contributed by atoms with Gasteiger partial charge in [0.2, 0.25) is 0 Å². The van der Waals surface area contributed by atoms with E-state index >= 15 is 0 Å². The van der Waals surface area contributed by atoms with Gasteiger partial charge in [0.15, 0.2) is 0 Å². The zero-order valence-electron chi connectivity index (χ0n) is 24.6. The summed E-state index contributed by atoms with van der Waals surface area (Å²) in [5, 5.41) is 16.2. The molecule has 2 saturated carbocycles. The molecule has 1 spiro atoms. The Labute approximate surface area is 238 Å². The first-order valence-corrected chi connectivity index (χ1v) is 15.1. The molecule has 6 rings (SSSR count). The van der Waals surface area contributed by atoms with Crippen molar-refractivity contribution in [3.05, 3.63) is 35.4 Å². The first kappa shape index (κ1) is 28.6. The number of rotatable bonds is 8. The Morgan fingerprint density at radius 1 is 1.00 bits per heavy atom. The lowest BCUT2D eigenvalue weighted by atomic mass is 9.93. The van der Waals surface area contributed by atoms with E-state index < -0.39 is 5.54 Å². The van der Waals surface area contributed by atoms with Gasteiger partial charge in [-0.05, 0) is 93.5 Å². The summed E-state index contributed by atoms with van der Waals surface area (Å²) < 4.78 is 5.53. The van der Waals surface area contributed by atoms with E-state index in [1.54, 1.807) is 0 Å². The minimum absolute atomic E-state index is 0.0209. The molecule has 0 bridgehead atoms. The maximum absolute atomic E-state index is 13.7. The Balaban J connectivity index is 0.00000158. The highest BCUT2D eigenvalue weighted by molar-refractivity contribution is 6.07. The number of carbonyl (C=O) groups excluding carboxylic acids is 1. The van der Waals surface area contributed by atoms with Crippen LogP contribution in [0.1, 0.15) is 88.1 Å². The van der Waals surface area contributed by atoms with Gasteiger partial charge in [-0.2, -0.15) is 0 Å². The highest BCUT2D eigenvalue weighted by Crippen LogP contribution is 2.54. The maximum atomic E-state index is 13.7. The molecular weight excluding hydrogens is 504 g/mol. The van der Waals surface area contributed by atoms with E-state index in [1.807, 2.05) is 45.9 Å². The smallest absolute Gasteiger partial charge is 0.260 e. The fourth-order valence-electron chi connectivity index (χ4n) is 5.58. The third-order valence-electron chi connectivity index (χ3n) is 8.52. The molecule has 218 valence electrons. The van der Waals surface area contributed by atoms with Crippen LogP contribution in [0, 0.1) is 5.41 Å². The highest BCUT2D eigenvalue weighted by atomic mass is 16.5. The van der Waals surface area contributed by atoms with E-state index in [9.17, 15) is 9.90 Å². The summed E-state index contributed by atoms with van der Waals surface area (Å²) in [4.78, 5) is 28.0. The van der Waals surface area contributed by atoms with Crippen molar-refractivity contribution in [1.82, 2.24) is 9.97 Å². The van der Waals surface area contributed by atoms with Crippen molar-refractivity contribution in [3.63, 3.8) is 0 Å². The minimum Gasteiger partial charge on any atom is -0.394 e. The van der Waals surface area contributed by atoms with Gasteiger partial charge in [0.05, 0.1) is 30.9 Å². The molecule has 0 radical (unpaired) electrons. The summed E-state index contributed by atoms with van der Waals surface area (Å²) in [5.74, 6) is 3.21. The molecule has 4 heterocycles. The Hall–Kier alpha value is -2.91. The van der Waals surface area contributed by atoms with Crippen LogP contribution >= 0.6 is 0 Å². The van der Waals surface area contributed by atoms with Crippen LogP contribution in [0.2, 0.25) is 0 Å². The van der Waals surface area contributed by atoms with Crippen molar-refractivity contribution in [2.45, 2.75) is 77.7 Å². The van der Waals surface area contributed by atoms with Crippen LogP contribution in [0.15, 0.2) is 24.3 Å². The average molecular weight is 551 g/mol. The van der Waals surface area contributed by atoms with Crippen molar-refractivity contribution in [1.29, 1.82) is 0 Å². The van der Waals surface area contributed by atoms with Crippen LogP contribution in [0.25, 0.3) is 0 Å². The predicted octanol–water partition coefficient (Wildman–Crippen LogP) is 5.03. The molecule has 9 heteroatoms. The fourth-order valence-corrected chi connectivity index (χ4v) is 5.58. The number of ether oxygens (including phenoxy) is 1. The predicted molar refractivity (Wildman–Crippen MR) is 161 cm³/mol. The van der Waals surface area contributed by atoms with Crippen LogP contribution in [-0.4, -0.2) is 72.5 Å². The van der Waals surface area contributed by atoms with E-state index in [0.717, 1.165) is 44.8 Å². The molecule has 4 fully saturated rings. The summed E-state index contributed by atoms with van der Waals surface area (Å²) in [6, 6.07) is 7.89. The summed E-state index contributed by atoms with van der Waals surface area (Å²) in [6.07, 6.45) is 7.30. The van der Waals surface area contributed by atoms with Crippen molar-refractivity contribution < 1.29 is 14.6 Å². The fraction of sp³-hybridized carbons (Fsp3) is 0.645. The standard InChI is InChI=1S/C29H40N6O3.C2H6/c1-28(2,19-36)33-23-6-5-22(26(31-23)35-11-9-29(7-8-29)10-12-35)27(37)32-24-17-21(20-3-4-20)18-25(30-24)34-13-15-38-16-14-34;1-2/h5-6,17-18,20,36H,3-4,7-16,19H2,1-2H3,(H,31,33)(H,30,32,37);1-2H3. The first-order chi connectivity index (χ1) is 19.3. The lowest BCUT2D eigenvalue weighted by Gasteiger charge is -2.34. The first-order valence-electron chi connectivity index (χ1n) is 15.1. The number of pyridine rings is 2. The number of carbonyl (C=O) groups is 1. The molecule has 4 aliphatic rings. The summed E-state index contributed by atoms with van der Waals surface area (Å²) in [5.41, 5.74) is 1.80. The number of nitrogens with zero attached hydrogens (tertiary/aromatic N) is 4. The second-order valence-electron chi connectivity index (χ2n) is 12.2. The van der Waals surface area contributed by atoms with Gasteiger partial charge in [-0.15, -0.1) is 0 Å². The Morgan fingerprint density at radius 3 is 2.33 bits per heavy atom. The molecule has 40 heavy (non-hydrogen) atoms. The lowest BCUT2D eigenvalue weighted by molar-refractivity contribution is 0.102. The number of nitrogens with one attached hydrogen (secondary N) is 2. The quantitative estimate of drug-likeness (QED) is 0.421. The third kappa shape index (κ3) is 6.69. The second kappa shape index (κ2) is 11.9. The van der Waals surface area contributed by atoms with Crippen LogP contribution in [0.3, 0.4) is 0 Å². The number of amides is 1. The average Bonchev–Trinajstić information content (AvgIpc) is 3.92. The molecule has 2 aliphatic heterocycles. The number of morpholine rings is 1. The summed E-state index contributed by atoms with van der Waals surface area (Å²) in [7, 11) is 0. The number of anilines is 4. The molecule has 9 nitrogen and oxygen atoms in total. The van der Waals surface area contributed by atoms with E-state index in [4.69, 9.17) is 14.7 Å². The Bertz CT molecular complexity index is 1180. The van der Waals surface area contributed by atoms with Gasteiger partial charge in [-0.1, -0.05) is 13.8 Å². The monoisotopic (exact) mass is 550 g/mol. The van der Waals surface area contributed by atoms with Crippen LogP contribution in [0.4, 0.5) is 23.3 Å². The van der Waals surface area contributed by atoms with Crippen molar-refractivity contribution >= 4 is 29.2 Å². The zero-order chi connectivity index (χ0) is 28.3. The normalized spacial score (nSPS) is 20.0. The van der Waals surface area contributed by atoms with Gasteiger partial charge in [-0.3, -0.25) is 4.79 Å². The van der Waals surface area contributed by atoms with Crippen molar-refractivity contribution in [2.24, 2.45) is 5.41 Å². The number of hydrogen-bond acceptors (Lipinski definition) is 8. The summed E-state index contributed by atoms with van der Waals surface area (Å²) >= 11 is 0. The van der Waals surface area contributed by atoms with Crippen molar-refractivity contribution in [2.75, 3.05) is 66.4 Å². The molecule has 3 N–H and O–H groups in total. The molecule has 2 aromatic heterocycles. The Kier molecular flexibility index (Phi) is 8.52. The lowest BCUT2D eigenvalue weighted by Crippen LogP contribution is -2.38. The minimum atomic E-state index is -0.517. The Morgan fingerprint density at radius 2 is 1.70 bits per heavy atom. The summed E-state index contributed by atoms with van der Waals surface area (Å²) in [6.45, 7) is 12.6. The number of aliphatic hydroxyl groups is 1. The number of aromatic nitrogens is 2. The molecule has 2 aromatic rings. The van der Waals surface area contributed by atoms with E-state index in [0.29, 0.717) is 47.6 Å². The molecular formula is C31H46N6O3. The SMILES string of the molecule is CC.CC(C)(CO)Nc1ccc(C(=O)Nc2cc(C3CC3)cc(N3CCOCC3)n2)c(N2CCC3(CC2)CC3)n1. The van der Waals surface area contributed by atoms with E-state index in [1.165, 1.54) is 31.2 Å². The highest BCUT2D eigenvalue weighted by Gasteiger charge is 2.45. The number of piperidine rings is 1. The molecule has 0 aromatic carbocycles. The van der Waals surface area contributed by atoms with Gasteiger partial charge in [-0.25, -0.2) is 9.97 Å². The van der Waals surface area contributed by atoms with E-state index in [2.05, 4.69) is 26.5 Å². The molecule has 0 unspecified atom stereocenters. The van der Waals surface area contributed by atoms with Gasteiger partial charge in [0.25, 0.3) is 5.91 Å². The third-order valence-corrected chi connectivity index (χ3v) is 8.52. The number of aliphatic hydroxyl groups excluding tert-OH is 1. The van der Waals surface area contributed by atoms with Gasteiger partial charge in [0.1, 0.15) is 23.3 Å². The van der Waals surface area contributed by atoms with Crippen LogP contribution in [-0.2, 0) is 4.74 Å². The van der Waals surface area contributed by atoms with Crippen LogP contribution in [0.5, 0.6) is 0 Å². The van der Waals surface area contributed by atoms with Gasteiger partial charge < -0.3 is 30.3 Å². The van der Waals surface area contributed by atoms with Gasteiger partial charge in [0, 0.05) is 26.2 Å². The van der Waals surface area contributed by atoms with Gasteiger partial charge >= 0.3 is 0 Å². The maximum Gasteiger partial charge on any atom is 0.260 e. The zero-order valence-corrected chi connectivity index (χ0v) is 24.6. The van der Waals surface area contributed by atoms with Crippen molar-refractivity contribution in [3.8, 4) is 0 Å². The van der Waals surface area contributed by atoms with E-state index in [-0.39, 0.29) is 12.5 Å². The molecule has 1 amide bonds. The number of hydrogen-bond donors (Lipinski definition) is 3. The second-order valence-corrected chi connectivity index (χ2v) is 12.2. The molecule has 2 saturated heterocycles. The topological polar surface area (TPSA) is 103 Å². The molecule has 0 atom stereocenters. The largest absolute Gasteiger partial charge is 0.394 e. The molecule has 2 aliphatic carbocycles.